The predicted molar refractivity (Wildman–Crippen MR) is 67.8 cm³/mol. The standard InChI is InChI=1S/C13H19N3O/c1-10(2)9-16-11(3)7-13(15-16)14-8-12-5-4-6-17-12/h4-7,10H,8-9H2,1-3H3,(H,14,15). The lowest BCUT2D eigenvalue weighted by molar-refractivity contribution is 0.475. The Hall–Kier alpha value is -1.71. The fourth-order valence-corrected chi connectivity index (χ4v) is 1.72. The van der Waals surface area contributed by atoms with E-state index in [-0.39, 0.29) is 0 Å². The molecule has 0 amide bonds. The van der Waals surface area contributed by atoms with Crippen molar-refractivity contribution in [1.82, 2.24) is 9.78 Å². The topological polar surface area (TPSA) is 43.0 Å². The Morgan fingerprint density at radius 1 is 1.47 bits per heavy atom. The van der Waals surface area contributed by atoms with Crippen molar-refractivity contribution in [1.29, 1.82) is 0 Å². The molecular formula is C13H19N3O. The van der Waals surface area contributed by atoms with Crippen molar-refractivity contribution in [3.63, 3.8) is 0 Å². The molecule has 0 aromatic carbocycles. The number of nitrogens with zero attached hydrogens (tertiary/aromatic N) is 2. The lowest BCUT2D eigenvalue weighted by Gasteiger charge is -2.06. The number of rotatable bonds is 5. The van der Waals surface area contributed by atoms with Crippen LogP contribution in [0.5, 0.6) is 0 Å². The quantitative estimate of drug-likeness (QED) is 0.863. The summed E-state index contributed by atoms with van der Waals surface area (Å²) in [5, 5.41) is 7.77. The molecule has 17 heavy (non-hydrogen) atoms. The van der Waals surface area contributed by atoms with Crippen LogP contribution in [0.3, 0.4) is 0 Å². The minimum atomic E-state index is 0.603. The van der Waals surface area contributed by atoms with Gasteiger partial charge in [-0.3, -0.25) is 4.68 Å². The van der Waals surface area contributed by atoms with E-state index in [0.717, 1.165) is 18.1 Å². The van der Waals surface area contributed by atoms with Crippen molar-refractivity contribution in [2.75, 3.05) is 5.32 Å². The van der Waals surface area contributed by atoms with Crippen molar-refractivity contribution in [3.05, 3.63) is 35.9 Å². The van der Waals surface area contributed by atoms with Gasteiger partial charge >= 0.3 is 0 Å². The first-order valence-electron chi connectivity index (χ1n) is 5.96. The molecule has 0 saturated heterocycles. The lowest BCUT2D eigenvalue weighted by Crippen LogP contribution is -2.08. The second-order valence-corrected chi connectivity index (χ2v) is 4.68. The second kappa shape index (κ2) is 5.08. The number of nitrogens with one attached hydrogen (secondary N) is 1. The van der Waals surface area contributed by atoms with E-state index in [2.05, 4.69) is 37.3 Å². The van der Waals surface area contributed by atoms with Gasteiger partial charge in [-0.15, -0.1) is 0 Å². The van der Waals surface area contributed by atoms with Gasteiger partial charge in [0.1, 0.15) is 11.6 Å². The molecule has 0 aliphatic carbocycles. The van der Waals surface area contributed by atoms with Crippen LogP contribution in [0.1, 0.15) is 25.3 Å². The molecule has 0 spiro atoms. The molecule has 0 aliphatic heterocycles. The summed E-state index contributed by atoms with van der Waals surface area (Å²) < 4.78 is 7.30. The van der Waals surface area contributed by atoms with Crippen molar-refractivity contribution in [2.45, 2.75) is 33.9 Å². The van der Waals surface area contributed by atoms with Gasteiger partial charge < -0.3 is 9.73 Å². The van der Waals surface area contributed by atoms with Gasteiger partial charge in [-0.05, 0) is 25.0 Å². The smallest absolute Gasteiger partial charge is 0.148 e. The minimum absolute atomic E-state index is 0.603. The van der Waals surface area contributed by atoms with Gasteiger partial charge in [-0.2, -0.15) is 5.10 Å². The van der Waals surface area contributed by atoms with Gasteiger partial charge in [0, 0.05) is 18.3 Å². The maximum atomic E-state index is 5.26. The van der Waals surface area contributed by atoms with Crippen LogP contribution in [-0.2, 0) is 13.1 Å². The number of hydrogen-bond donors (Lipinski definition) is 1. The predicted octanol–water partition coefficient (Wildman–Crippen LogP) is 3.05. The number of anilines is 1. The van der Waals surface area contributed by atoms with E-state index in [0.29, 0.717) is 12.5 Å². The Balaban J connectivity index is 1.97. The van der Waals surface area contributed by atoms with Crippen molar-refractivity contribution < 1.29 is 4.42 Å². The number of aryl methyl sites for hydroxylation is 1. The van der Waals surface area contributed by atoms with Gasteiger partial charge in [0.25, 0.3) is 0 Å². The lowest BCUT2D eigenvalue weighted by atomic mass is 10.2. The van der Waals surface area contributed by atoms with Crippen LogP contribution in [0.4, 0.5) is 5.82 Å². The highest BCUT2D eigenvalue weighted by atomic mass is 16.3. The number of furan rings is 1. The maximum absolute atomic E-state index is 5.26. The SMILES string of the molecule is Cc1cc(NCc2ccco2)nn1CC(C)C. The molecule has 0 unspecified atom stereocenters. The van der Waals surface area contributed by atoms with Gasteiger partial charge in [0.2, 0.25) is 0 Å². The Labute approximate surface area is 102 Å². The van der Waals surface area contributed by atoms with E-state index in [1.807, 2.05) is 16.8 Å². The van der Waals surface area contributed by atoms with Gasteiger partial charge in [0.15, 0.2) is 0 Å². The normalized spacial score (nSPS) is 11.1. The van der Waals surface area contributed by atoms with E-state index < -0.39 is 0 Å². The Morgan fingerprint density at radius 3 is 2.94 bits per heavy atom. The highest BCUT2D eigenvalue weighted by Crippen LogP contribution is 2.12. The molecule has 1 N–H and O–H groups in total. The highest BCUT2D eigenvalue weighted by Gasteiger charge is 2.05. The van der Waals surface area contributed by atoms with Crippen LogP contribution < -0.4 is 5.32 Å². The van der Waals surface area contributed by atoms with Crippen LogP contribution >= 0.6 is 0 Å². The molecule has 0 radical (unpaired) electrons. The summed E-state index contributed by atoms with van der Waals surface area (Å²) in [6.45, 7) is 8.08. The monoisotopic (exact) mass is 233 g/mol. The number of aromatic nitrogens is 2. The molecule has 0 aliphatic rings. The van der Waals surface area contributed by atoms with Gasteiger partial charge in [-0.25, -0.2) is 0 Å². The molecule has 4 heteroatoms. The number of hydrogen-bond acceptors (Lipinski definition) is 3. The van der Waals surface area contributed by atoms with E-state index in [4.69, 9.17) is 4.42 Å². The second-order valence-electron chi connectivity index (χ2n) is 4.68. The van der Waals surface area contributed by atoms with E-state index in [1.165, 1.54) is 5.69 Å². The van der Waals surface area contributed by atoms with Crippen LogP contribution in [0.15, 0.2) is 28.9 Å². The van der Waals surface area contributed by atoms with E-state index in [9.17, 15) is 0 Å². The first-order valence-corrected chi connectivity index (χ1v) is 5.96. The average Bonchev–Trinajstić information content (AvgIpc) is 2.86. The van der Waals surface area contributed by atoms with E-state index in [1.54, 1.807) is 6.26 Å². The molecule has 0 saturated carbocycles. The van der Waals surface area contributed by atoms with E-state index >= 15 is 0 Å². The molecule has 2 aromatic rings. The molecule has 0 atom stereocenters. The van der Waals surface area contributed by atoms with Crippen LogP contribution in [0.25, 0.3) is 0 Å². The fraction of sp³-hybridized carbons (Fsp3) is 0.462. The zero-order valence-corrected chi connectivity index (χ0v) is 10.6. The summed E-state index contributed by atoms with van der Waals surface area (Å²) in [4.78, 5) is 0. The average molecular weight is 233 g/mol. The maximum Gasteiger partial charge on any atom is 0.148 e. The summed E-state index contributed by atoms with van der Waals surface area (Å²) in [7, 11) is 0. The molecule has 2 heterocycles. The molecule has 0 bridgehead atoms. The summed E-state index contributed by atoms with van der Waals surface area (Å²) in [5.74, 6) is 2.42. The van der Waals surface area contributed by atoms with Crippen molar-refractivity contribution in [3.8, 4) is 0 Å². The molecule has 92 valence electrons. The van der Waals surface area contributed by atoms with Crippen molar-refractivity contribution in [2.24, 2.45) is 5.92 Å². The first kappa shape index (κ1) is 11.8. The van der Waals surface area contributed by atoms with Crippen molar-refractivity contribution >= 4 is 5.82 Å². The molecular weight excluding hydrogens is 214 g/mol. The highest BCUT2D eigenvalue weighted by molar-refractivity contribution is 5.35. The summed E-state index contributed by atoms with van der Waals surface area (Å²) in [5.41, 5.74) is 1.18. The zero-order chi connectivity index (χ0) is 12.3. The molecule has 2 rings (SSSR count). The third-order valence-electron chi connectivity index (χ3n) is 2.54. The van der Waals surface area contributed by atoms with Crippen LogP contribution in [0, 0.1) is 12.8 Å². The molecule has 4 nitrogen and oxygen atoms in total. The van der Waals surface area contributed by atoms with Crippen LogP contribution in [0.2, 0.25) is 0 Å². The van der Waals surface area contributed by atoms with Gasteiger partial charge in [0.05, 0.1) is 12.8 Å². The minimum Gasteiger partial charge on any atom is -0.467 e. The summed E-state index contributed by atoms with van der Waals surface area (Å²) in [6, 6.07) is 5.90. The Morgan fingerprint density at radius 2 is 2.29 bits per heavy atom. The fourth-order valence-electron chi connectivity index (χ4n) is 1.72. The van der Waals surface area contributed by atoms with Crippen LogP contribution in [-0.4, -0.2) is 9.78 Å². The summed E-state index contributed by atoms with van der Waals surface area (Å²) in [6.07, 6.45) is 1.68. The summed E-state index contributed by atoms with van der Waals surface area (Å²) >= 11 is 0. The molecule has 0 fully saturated rings. The third-order valence-corrected chi connectivity index (χ3v) is 2.54. The zero-order valence-electron chi connectivity index (χ0n) is 10.6. The first-order chi connectivity index (χ1) is 8.15. The molecule has 2 aromatic heterocycles. The van der Waals surface area contributed by atoms with Gasteiger partial charge in [-0.1, -0.05) is 13.8 Å². The Kier molecular flexibility index (Phi) is 3.52. The third kappa shape index (κ3) is 3.12. The largest absolute Gasteiger partial charge is 0.467 e. The Bertz CT molecular complexity index is 457.